The zero-order valence-electron chi connectivity index (χ0n) is 24.3. The second-order valence-corrected chi connectivity index (χ2v) is 13.3. The third-order valence-corrected chi connectivity index (χ3v) is 8.87. The standard InChI is InChI=1S/C26H34F3N5O9S/c1-24(2,39)22(36)30-12-17-13-33(44(40,41)20-14-32(15-5-6-15)31-21(20)42-10-9-35)18-11-16(7-8-19(18)43-17)34(23(37)38)25(3,4)26(27,28)29/h7-8,11,14-15,17,35,39H,5-6,9-10,12-13H2,1-4H3,(H,30,36)(H,37,38)/t17-/m0/s1. The lowest BCUT2D eigenvalue weighted by Gasteiger charge is -2.39. The lowest BCUT2D eigenvalue weighted by molar-refractivity contribution is -0.175. The van der Waals surface area contributed by atoms with Crippen molar-refractivity contribution in [3.63, 3.8) is 0 Å². The van der Waals surface area contributed by atoms with Crippen LogP contribution in [0.5, 0.6) is 11.6 Å². The summed E-state index contributed by atoms with van der Waals surface area (Å²) in [5, 5.41) is 35.7. The number of fused-ring (bicyclic) bond motifs is 1. The van der Waals surface area contributed by atoms with Gasteiger partial charge in [-0.1, -0.05) is 0 Å². The summed E-state index contributed by atoms with van der Waals surface area (Å²) < 4.78 is 83.8. The third-order valence-electron chi connectivity index (χ3n) is 7.11. The molecule has 1 fully saturated rings. The Hall–Kier alpha value is -3.77. The monoisotopic (exact) mass is 649 g/mol. The molecule has 2 heterocycles. The zero-order valence-corrected chi connectivity index (χ0v) is 25.1. The van der Waals surface area contributed by atoms with Crippen molar-refractivity contribution < 1.29 is 56.0 Å². The largest absolute Gasteiger partial charge is 0.484 e. The molecule has 1 aliphatic carbocycles. The van der Waals surface area contributed by atoms with Crippen LogP contribution < -0.4 is 24.0 Å². The highest BCUT2D eigenvalue weighted by atomic mass is 32.2. The summed E-state index contributed by atoms with van der Waals surface area (Å²) in [6, 6.07) is 3.07. The second-order valence-electron chi connectivity index (χ2n) is 11.5. The van der Waals surface area contributed by atoms with Crippen molar-refractivity contribution >= 4 is 33.4 Å². The number of benzene rings is 1. The van der Waals surface area contributed by atoms with Gasteiger partial charge in [0.2, 0.25) is 0 Å². The molecular weight excluding hydrogens is 615 g/mol. The average molecular weight is 650 g/mol. The first kappa shape index (κ1) is 33.1. The fraction of sp³-hybridized carbons (Fsp3) is 0.577. The summed E-state index contributed by atoms with van der Waals surface area (Å²) in [6.07, 6.45) is -5.24. The van der Waals surface area contributed by atoms with Crippen LogP contribution >= 0.6 is 0 Å². The van der Waals surface area contributed by atoms with Crippen LogP contribution in [0.1, 0.15) is 46.6 Å². The normalized spacial score (nSPS) is 17.5. The number of ether oxygens (including phenoxy) is 2. The van der Waals surface area contributed by atoms with E-state index in [-0.39, 0.29) is 41.4 Å². The molecule has 2 aliphatic rings. The molecule has 244 valence electrons. The molecule has 4 rings (SSSR count). The highest BCUT2D eigenvalue weighted by Gasteiger charge is 2.54. The van der Waals surface area contributed by atoms with E-state index >= 15 is 0 Å². The molecule has 14 nitrogen and oxygen atoms in total. The average Bonchev–Trinajstić information content (AvgIpc) is 3.67. The number of alkyl halides is 3. The highest BCUT2D eigenvalue weighted by Crippen LogP contribution is 2.45. The molecule has 2 amide bonds. The minimum atomic E-state index is -5.00. The lowest BCUT2D eigenvalue weighted by Crippen LogP contribution is -2.57. The smallest absolute Gasteiger partial charge is 0.412 e. The van der Waals surface area contributed by atoms with Crippen LogP contribution in [0.15, 0.2) is 29.3 Å². The van der Waals surface area contributed by atoms with Gasteiger partial charge in [-0.15, -0.1) is 5.10 Å². The number of aliphatic hydroxyl groups is 2. The minimum absolute atomic E-state index is 0.0717. The number of nitrogens with one attached hydrogen (secondary N) is 1. The van der Waals surface area contributed by atoms with Crippen molar-refractivity contribution in [3.05, 3.63) is 24.4 Å². The number of sulfonamides is 1. The molecule has 1 aromatic carbocycles. The number of carbonyl (C=O) groups excluding carboxylic acids is 1. The minimum Gasteiger partial charge on any atom is -0.484 e. The SMILES string of the molecule is CC(C)(O)C(=O)NC[C@H]1CN(S(=O)(=O)c2cn(C3CC3)nc2OCCO)c2cc(N(C(=O)O)C(C)(C)C(F)(F)F)ccc2O1. The molecule has 1 atom stereocenters. The Bertz CT molecular complexity index is 1520. The molecule has 18 heteroatoms. The van der Waals surface area contributed by atoms with E-state index in [9.17, 15) is 46.5 Å². The summed E-state index contributed by atoms with van der Waals surface area (Å²) in [6.45, 7) is 2.37. The summed E-state index contributed by atoms with van der Waals surface area (Å²) in [5.74, 6) is -1.21. The van der Waals surface area contributed by atoms with Gasteiger partial charge >= 0.3 is 12.3 Å². The predicted molar refractivity (Wildman–Crippen MR) is 148 cm³/mol. The molecular formula is C26H34F3N5O9S. The number of aliphatic hydroxyl groups excluding tert-OH is 1. The predicted octanol–water partition coefficient (Wildman–Crippen LogP) is 2.26. The number of hydrogen-bond donors (Lipinski definition) is 4. The summed E-state index contributed by atoms with van der Waals surface area (Å²) >= 11 is 0. The van der Waals surface area contributed by atoms with Gasteiger partial charge in [-0.25, -0.2) is 13.2 Å². The van der Waals surface area contributed by atoms with Crippen LogP contribution in [-0.4, -0.2) is 95.2 Å². The first-order valence-electron chi connectivity index (χ1n) is 13.6. The van der Waals surface area contributed by atoms with Crippen LogP contribution in [0, 0.1) is 0 Å². The first-order chi connectivity index (χ1) is 20.3. The number of aromatic nitrogens is 2. The lowest BCUT2D eigenvalue weighted by atomic mass is 10.0. The van der Waals surface area contributed by atoms with E-state index in [4.69, 9.17) is 9.47 Å². The Kier molecular flexibility index (Phi) is 8.75. The summed E-state index contributed by atoms with van der Waals surface area (Å²) in [7, 11) is -4.63. The van der Waals surface area contributed by atoms with Gasteiger partial charge in [-0.2, -0.15) is 13.2 Å². The van der Waals surface area contributed by atoms with E-state index in [2.05, 4.69) is 10.4 Å². The van der Waals surface area contributed by atoms with Crippen molar-refractivity contribution in [2.45, 2.75) is 74.9 Å². The molecule has 0 saturated heterocycles. The van der Waals surface area contributed by atoms with Gasteiger partial charge in [-0.3, -0.25) is 18.7 Å². The van der Waals surface area contributed by atoms with Gasteiger partial charge in [0, 0.05) is 6.20 Å². The molecule has 44 heavy (non-hydrogen) atoms. The van der Waals surface area contributed by atoms with E-state index < -0.39 is 69.2 Å². The Labute approximate surface area is 251 Å². The molecule has 1 aliphatic heterocycles. The molecule has 2 aromatic rings. The van der Waals surface area contributed by atoms with Crippen LogP contribution in [0.4, 0.5) is 29.3 Å². The molecule has 0 radical (unpaired) electrons. The Balaban J connectivity index is 1.83. The Morgan fingerprint density at radius 2 is 1.86 bits per heavy atom. The summed E-state index contributed by atoms with van der Waals surface area (Å²) in [5.41, 5.74) is -5.42. The van der Waals surface area contributed by atoms with Gasteiger partial charge in [0.15, 0.2) is 4.90 Å². The fourth-order valence-electron chi connectivity index (χ4n) is 4.42. The van der Waals surface area contributed by atoms with Crippen molar-refractivity contribution in [1.82, 2.24) is 15.1 Å². The number of carbonyl (C=O) groups is 2. The van der Waals surface area contributed by atoms with Gasteiger partial charge in [0.05, 0.1) is 37.1 Å². The van der Waals surface area contributed by atoms with Gasteiger partial charge in [0.1, 0.15) is 29.6 Å². The van der Waals surface area contributed by atoms with Crippen molar-refractivity contribution in [1.29, 1.82) is 0 Å². The van der Waals surface area contributed by atoms with Crippen LogP contribution in [0.2, 0.25) is 0 Å². The van der Waals surface area contributed by atoms with E-state index in [0.29, 0.717) is 13.8 Å². The molecule has 1 aromatic heterocycles. The first-order valence-corrected chi connectivity index (χ1v) is 15.0. The van der Waals surface area contributed by atoms with E-state index in [1.54, 1.807) is 0 Å². The zero-order chi connectivity index (χ0) is 32.8. The quantitative estimate of drug-likeness (QED) is 0.282. The number of anilines is 2. The van der Waals surface area contributed by atoms with Crippen molar-refractivity contribution in [2.24, 2.45) is 0 Å². The number of amides is 2. The molecule has 0 spiro atoms. The number of hydrogen-bond acceptors (Lipinski definition) is 9. The van der Waals surface area contributed by atoms with E-state index in [1.165, 1.54) is 24.7 Å². The van der Waals surface area contributed by atoms with Gasteiger partial charge in [0.25, 0.3) is 21.8 Å². The Morgan fingerprint density at radius 1 is 1.20 bits per heavy atom. The van der Waals surface area contributed by atoms with Crippen LogP contribution in [-0.2, 0) is 14.8 Å². The molecule has 4 N–H and O–H groups in total. The number of rotatable bonds is 11. The molecule has 0 bridgehead atoms. The summed E-state index contributed by atoms with van der Waals surface area (Å²) in [4.78, 5) is 24.1. The van der Waals surface area contributed by atoms with Gasteiger partial charge < -0.3 is 30.1 Å². The molecule has 1 saturated carbocycles. The second kappa shape index (κ2) is 11.6. The number of nitrogens with zero attached hydrogens (tertiary/aromatic N) is 4. The number of halogens is 3. The van der Waals surface area contributed by atoms with E-state index in [1.807, 2.05) is 0 Å². The third kappa shape index (κ3) is 6.51. The van der Waals surface area contributed by atoms with Crippen LogP contribution in [0.25, 0.3) is 0 Å². The van der Waals surface area contributed by atoms with Crippen molar-refractivity contribution in [2.75, 3.05) is 35.5 Å². The fourth-order valence-corrected chi connectivity index (χ4v) is 5.98. The number of carboxylic acid groups (broad SMARTS) is 1. The molecule has 0 unspecified atom stereocenters. The van der Waals surface area contributed by atoms with Crippen LogP contribution in [0.3, 0.4) is 0 Å². The van der Waals surface area contributed by atoms with Gasteiger partial charge in [-0.05, 0) is 58.7 Å². The van der Waals surface area contributed by atoms with E-state index in [0.717, 1.165) is 35.3 Å². The highest BCUT2D eigenvalue weighted by molar-refractivity contribution is 7.93. The maximum atomic E-state index is 14.2. The topological polar surface area (TPSA) is 184 Å². The maximum absolute atomic E-state index is 14.2. The van der Waals surface area contributed by atoms with Crippen molar-refractivity contribution in [3.8, 4) is 11.6 Å². The Morgan fingerprint density at radius 3 is 2.41 bits per heavy atom. The maximum Gasteiger partial charge on any atom is 0.412 e.